The van der Waals surface area contributed by atoms with Crippen LogP contribution in [0.4, 0.5) is 5.82 Å². The number of aliphatic hydroxyl groups excluding tert-OH is 1. The molecule has 106 valence electrons. The summed E-state index contributed by atoms with van der Waals surface area (Å²) in [7, 11) is 0. The van der Waals surface area contributed by atoms with Crippen molar-refractivity contribution in [1.29, 1.82) is 0 Å². The summed E-state index contributed by atoms with van der Waals surface area (Å²) >= 11 is 0. The van der Waals surface area contributed by atoms with Gasteiger partial charge in [-0.1, -0.05) is 24.3 Å². The molecule has 1 aromatic carbocycles. The van der Waals surface area contributed by atoms with E-state index in [2.05, 4.69) is 10.3 Å². The molecule has 1 heterocycles. The van der Waals surface area contributed by atoms with Gasteiger partial charge in [-0.3, -0.25) is 4.79 Å². The molecule has 0 bridgehead atoms. The molecule has 2 N–H and O–H groups in total. The molecule has 0 radical (unpaired) electrons. The fourth-order valence-corrected chi connectivity index (χ4v) is 1.98. The molecule has 0 aliphatic carbocycles. The Morgan fingerprint density at radius 1 is 1.35 bits per heavy atom. The summed E-state index contributed by atoms with van der Waals surface area (Å²) in [6, 6.07) is 7.68. The highest BCUT2D eigenvalue weighted by Crippen LogP contribution is 2.07. The average Bonchev–Trinajstić information content (AvgIpc) is 2.46. The van der Waals surface area contributed by atoms with Crippen molar-refractivity contribution in [2.75, 3.05) is 5.32 Å². The first-order valence-electron chi connectivity index (χ1n) is 6.61. The molecule has 0 unspecified atom stereocenters. The van der Waals surface area contributed by atoms with Gasteiger partial charge in [-0.15, -0.1) is 0 Å². The lowest BCUT2D eigenvalue weighted by Gasteiger charge is -2.11. The number of hydrogen-bond donors (Lipinski definition) is 2. The number of aromatic nitrogens is 2. The fraction of sp³-hybridized carbons (Fsp3) is 0.333. The molecule has 0 aliphatic rings. The van der Waals surface area contributed by atoms with Gasteiger partial charge in [0, 0.05) is 25.0 Å². The highest BCUT2D eigenvalue weighted by molar-refractivity contribution is 5.34. The minimum Gasteiger partial charge on any atom is -0.392 e. The van der Waals surface area contributed by atoms with Crippen LogP contribution in [0.25, 0.3) is 0 Å². The third-order valence-corrected chi connectivity index (χ3v) is 3.06. The molecule has 2 rings (SSSR count). The van der Waals surface area contributed by atoms with Crippen molar-refractivity contribution in [2.45, 2.75) is 33.0 Å². The Balaban J connectivity index is 2.15. The summed E-state index contributed by atoms with van der Waals surface area (Å²) in [6.07, 6.45) is 3.30. The van der Waals surface area contributed by atoms with Crippen LogP contribution >= 0.6 is 0 Å². The molecule has 0 amide bonds. The molecule has 0 fully saturated rings. The van der Waals surface area contributed by atoms with Crippen molar-refractivity contribution < 1.29 is 5.11 Å². The van der Waals surface area contributed by atoms with Crippen LogP contribution in [0.5, 0.6) is 0 Å². The number of nitrogens with zero attached hydrogens (tertiary/aromatic N) is 2. The standard InChI is InChI=1S/C15H19N3O2/c1-11(2)18-7-6-16-14(15(18)20)17-9-12-4-3-5-13(8-12)10-19/h3-8,11,19H,9-10H2,1-2H3,(H,16,17). The third kappa shape index (κ3) is 3.24. The first-order chi connectivity index (χ1) is 9.61. The second kappa shape index (κ2) is 6.34. The van der Waals surface area contributed by atoms with Crippen LogP contribution in [-0.2, 0) is 13.2 Å². The van der Waals surface area contributed by atoms with E-state index in [4.69, 9.17) is 5.11 Å². The predicted octanol–water partition coefficient (Wildman–Crippen LogP) is 1.93. The Morgan fingerprint density at radius 2 is 2.10 bits per heavy atom. The van der Waals surface area contributed by atoms with Crippen LogP contribution in [0, 0.1) is 0 Å². The van der Waals surface area contributed by atoms with E-state index in [1.54, 1.807) is 17.0 Å². The average molecular weight is 273 g/mol. The van der Waals surface area contributed by atoms with Crippen molar-refractivity contribution in [3.63, 3.8) is 0 Å². The lowest BCUT2D eigenvalue weighted by atomic mass is 10.1. The molecule has 0 aliphatic heterocycles. The van der Waals surface area contributed by atoms with E-state index in [1.807, 2.05) is 38.1 Å². The zero-order valence-corrected chi connectivity index (χ0v) is 11.7. The normalized spacial score (nSPS) is 10.8. The zero-order valence-electron chi connectivity index (χ0n) is 11.7. The van der Waals surface area contributed by atoms with E-state index < -0.39 is 0 Å². The summed E-state index contributed by atoms with van der Waals surface area (Å²) in [6.45, 7) is 4.42. The quantitative estimate of drug-likeness (QED) is 0.873. The molecule has 0 saturated carbocycles. The maximum absolute atomic E-state index is 12.2. The van der Waals surface area contributed by atoms with Crippen LogP contribution in [0.1, 0.15) is 31.0 Å². The van der Waals surface area contributed by atoms with Crippen LogP contribution in [0.15, 0.2) is 41.5 Å². The van der Waals surface area contributed by atoms with Gasteiger partial charge in [0.2, 0.25) is 0 Å². The first-order valence-corrected chi connectivity index (χ1v) is 6.61. The number of aliphatic hydroxyl groups is 1. The lowest BCUT2D eigenvalue weighted by Crippen LogP contribution is -2.25. The number of hydrogen-bond acceptors (Lipinski definition) is 4. The fourth-order valence-electron chi connectivity index (χ4n) is 1.98. The molecule has 0 saturated heterocycles. The Hall–Kier alpha value is -2.14. The summed E-state index contributed by atoms with van der Waals surface area (Å²) in [5.41, 5.74) is 1.73. The SMILES string of the molecule is CC(C)n1ccnc(NCc2cccc(CO)c2)c1=O. The van der Waals surface area contributed by atoms with Gasteiger partial charge >= 0.3 is 0 Å². The van der Waals surface area contributed by atoms with Crippen molar-refractivity contribution in [3.8, 4) is 0 Å². The Kier molecular flexibility index (Phi) is 4.53. The van der Waals surface area contributed by atoms with Gasteiger partial charge in [0.25, 0.3) is 5.56 Å². The molecule has 0 atom stereocenters. The van der Waals surface area contributed by atoms with Gasteiger partial charge in [-0.05, 0) is 25.0 Å². The van der Waals surface area contributed by atoms with Gasteiger partial charge in [-0.2, -0.15) is 0 Å². The van der Waals surface area contributed by atoms with Crippen LogP contribution in [-0.4, -0.2) is 14.7 Å². The highest BCUT2D eigenvalue weighted by atomic mass is 16.3. The molecular formula is C15H19N3O2. The zero-order chi connectivity index (χ0) is 14.5. The van der Waals surface area contributed by atoms with E-state index >= 15 is 0 Å². The topological polar surface area (TPSA) is 67.2 Å². The van der Waals surface area contributed by atoms with Gasteiger partial charge in [0.15, 0.2) is 5.82 Å². The second-order valence-corrected chi connectivity index (χ2v) is 4.91. The number of anilines is 1. The van der Waals surface area contributed by atoms with Crippen molar-refractivity contribution >= 4 is 5.82 Å². The first kappa shape index (κ1) is 14.3. The van der Waals surface area contributed by atoms with Crippen LogP contribution in [0.2, 0.25) is 0 Å². The predicted molar refractivity (Wildman–Crippen MR) is 78.6 cm³/mol. The smallest absolute Gasteiger partial charge is 0.293 e. The van der Waals surface area contributed by atoms with Gasteiger partial charge in [0.05, 0.1) is 6.61 Å². The largest absolute Gasteiger partial charge is 0.392 e. The third-order valence-electron chi connectivity index (χ3n) is 3.06. The Bertz CT molecular complexity index is 635. The molecule has 5 heteroatoms. The lowest BCUT2D eigenvalue weighted by molar-refractivity contribution is 0.281. The van der Waals surface area contributed by atoms with E-state index in [1.165, 1.54) is 0 Å². The summed E-state index contributed by atoms with van der Waals surface area (Å²) in [5.74, 6) is 0.343. The van der Waals surface area contributed by atoms with E-state index in [9.17, 15) is 4.79 Å². The van der Waals surface area contributed by atoms with Gasteiger partial charge < -0.3 is 15.0 Å². The van der Waals surface area contributed by atoms with E-state index in [0.717, 1.165) is 11.1 Å². The summed E-state index contributed by atoms with van der Waals surface area (Å²) < 4.78 is 1.64. The minimum absolute atomic E-state index is 0.0115. The minimum atomic E-state index is -0.124. The number of rotatable bonds is 5. The molecule has 5 nitrogen and oxygen atoms in total. The molecule has 1 aromatic heterocycles. The number of nitrogens with one attached hydrogen (secondary N) is 1. The second-order valence-electron chi connectivity index (χ2n) is 4.91. The molecule has 20 heavy (non-hydrogen) atoms. The van der Waals surface area contributed by atoms with Gasteiger partial charge in [-0.25, -0.2) is 4.98 Å². The van der Waals surface area contributed by atoms with Crippen molar-refractivity contribution in [2.24, 2.45) is 0 Å². The summed E-state index contributed by atoms with van der Waals surface area (Å²) in [5, 5.41) is 12.2. The highest BCUT2D eigenvalue weighted by Gasteiger charge is 2.06. The van der Waals surface area contributed by atoms with Crippen molar-refractivity contribution in [1.82, 2.24) is 9.55 Å². The Morgan fingerprint density at radius 3 is 2.80 bits per heavy atom. The molecule has 0 spiro atoms. The Labute approximate surface area is 117 Å². The van der Waals surface area contributed by atoms with E-state index in [0.29, 0.717) is 12.4 Å². The van der Waals surface area contributed by atoms with Crippen LogP contribution in [0.3, 0.4) is 0 Å². The molecule has 2 aromatic rings. The monoisotopic (exact) mass is 273 g/mol. The molecular weight excluding hydrogens is 254 g/mol. The van der Waals surface area contributed by atoms with Crippen molar-refractivity contribution in [3.05, 3.63) is 58.1 Å². The van der Waals surface area contributed by atoms with Crippen LogP contribution < -0.4 is 10.9 Å². The summed E-state index contributed by atoms with van der Waals surface area (Å²) in [4.78, 5) is 16.2. The number of benzene rings is 1. The van der Waals surface area contributed by atoms with Gasteiger partial charge in [0.1, 0.15) is 0 Å². The maximum Gasteiger partial charge on any atom is 0.293 e. The maximum atomic E-state index is 12.2. The van der Waals surface area contributed by atoms with E-state index in [-0.39, 0.29) is 18.2 Å².